The predicted octanol–water partition coefficient (Wildman–Crippen LogP) is 4.20. The SMILES string of the molecule is COc1ccc(NC(=O)CCSc2nc(N)c(C#N)c(-c3ccccc3)c2C#N)cc1. The Morgan fingerprint density at radius 2 is 1.77 bits per heavy atom. The number of ether oxygens (including phenoxy) is 1. The van der Waals surface area contributed by atoms with Crippen LogP contribution in [0.25, 0.3) is 11.1 Å². The van der Waals surface area contributed by atoms with Gasteiger partial charge in [-0.1, -0.05) is 30.3 Å². The summed E-state index contributed by atoms with van der Waals surface area (Å²) >= 11 is 1.25. The van der Waals surface area contributed by atoms with Gasteiger partial charge in [-0.3, -0.25) is 4.79 Å². The average molecular weight is 430 g/mol. The molecular weight excluding hydrogens is 410 g/mol. The Morgan fingerprint density at radius 1 is 1.10 bits per heavy atom. The van der Waals surface area contributed by atoms with Gasteiger partial charge in [0, 0.05) is 23.4 Å². The molecular formula is C23H19N5O2S. The molecule has 8 heteroatoms. The molecule has 0 aliphatic carbocycles. The number of pyridine rings is 1. The zero-order valence-electron chi connectivity index (χ0n) is 16.8. The van der Waals surface area contributed by atoms with Gasteiger partial charge in [0.15, 0.2) is 0 Å². The van der Waals surface area contributed by atoms with E-state index < -0.39 is 0 Å². The molecule has 2 aromatic carbocycles. The Bertz CT molecular complexity index is 1170. The van der Waals surface area contributed by atoms with Crippen molar-refractivity contribution in [3.63, 3.8) is 0 Å². The monoisotopic (exact) mass is 429 g/mol. The molecule has 0 aliphatic rings. The second-order valence-corrected chi connectivity index (χ2v) is 7.48. The molecule has 154 valence electrons. The van der Waals surface area contributed by atoms with E-state index in [1.807, 2.05) is 30.3 Å². The third kappa shape index (κ3) is 5.13. The van der Waals surface area contributed by atoms with Crippen LogP contribution < -0.4 is 15.8 Å². The summed E-state index contributed by atoms with van der Waals surface area (Å²) in [6.07, 6.45) is 0.212. The Kier molecular flexibility index (Phi) is 7.10. The van der Waals surface area contributed by atoms with Crippen molar-refractivity contribution in [3.8, 4) is 29.0 Å². The first-order valence-electron chi connectivity index (χ1n) is 9.33. The average Bonchev–Trinajstić information content (AvgIpc) is 2.79. The predicted molar refractivity (Wildman–Crippen MR) is 120 cm³/mol. The van der Waals surface area contributed by atoms with Crippen molar-refractivity contribution in [3.05, 3.63) is 65.7 Å². The quantitative estimate of drug-likeness (QED) is 0.539. The van der Waals surface area contributed by atoms with Crippen molar-refractivity contribution < 1.29 is 9.53 Å². The molecule has 0 saturated carbocycles. The molecule has 0 bridgehead atoms. The van der Waals surface area contributed by atoms with Gasteiger partial charge in [0.1, 0.15) is 34.3 Å². The smallest absolute Gasteiger partial charge is 0.225 e. The molecule has 1 amide bonds. The van der Waals surface area contributed by atoms with Crippen LogP contribution in [0.4, 0.5) is 11.5 Å². The lowest BCUT2D eigenvalue weighted by molar-refractivity contribution is -0.115. The number of amides is 1. The van der Waals surface area contributed by atoms with E-state index in [2.05, 4.69) is 22.4 Å². The summed E-state index contributed by atoms with van der Waals surface area (Å²) < 4.78 is 5.10. The number of carbonyl (C=O) groups is 1. The number of thioether (sulfide) groups is 1. The van der Waals surface area contributed by atoms with Crippen LogP contribution in [0.1, 0.15) is 17.5 Å². The first-order chi connectivity index (χ1) is 15.1. The van der Waals surface area contributed by atoms with Crippen LogP contribution in [0.2, 0.25) is 0 Å². The van der Waals surface area contributed by atoms with Gasteiger partial charge in [-0.05, 0) is 29.8 Å². The van der Waals surface area contributed by atoms with E-state index in [1.165, 1.54) is 11.8 Å². The second-order valence-electron chi connectivity index (χ2n) is 6.39. The minimum Gasteiger partial charge on any atom is -0.497 e. The number of nitrogens with zero attached hydrogens (tertiary/aromatic N) is 3. The van der Waals surface area contributed by atoms with Gasteiger partial charge in [0.2, 0.25) is 5.91 Å². The number of anilines is 2. The Hall–Kier alpha value is -4.01. The van der Waals surface area contributed by atoms with Gasteiger partial charge in [-0.15, -0.1) is 11.8 Å². The van der Waals surface area contributed by atoms with Gasteiger partial charge >= 0.3 is 0 Å². The molecule has 31 heavy (non-hydrogen) atoms. The van der Waals surface area contributed by atoms with E-state index in [9.17, 15) is 15.3 Å². The molecule has 0 spiro atoms. The molecule has 7 nitrogen and oxygen atoms in total. The van der Waals surface area contributed by atoms with Crippen molar-refractivity contribution in [2.24, 2.45) is 0 Å². The number of benzene rings is 2. The molecule has 0 unspecified atom stereocenters. The molecule has 0 atom stereocenters. The number of nitriles is 2. The standard InChI is InChI=1S/C23H19N5O2S/c1-30-17-9-7-16(8-10-17)27-20(29)11-12-31-23-19(14-25)21(15-5-3-2-4-6-15)18(13-24)22(26)28-23/h2-10H,11-12H2,1H3,(H2,26,28)(H,27,29). The van der Waals surface area contributed by atoms with Crippen LogP contribution in [-0.4, -0.2) is 23.8 Å². The molecule has 3 rings (SSSR count). The zero-order valence-corrected chi connectivity index (χ0v) is 17.6. The van der Waals surface area contributed by atoms with Crippen molar-refractivity contribution in [2.75, 3.05) is 23.9 Å². The highest BCUT2D eigenvalue weighted by atomic mass is 32.2. The van der Waals surface area contributed by atoms with Crippen LogP contribution >= 0.6 is 11.8 Å². The number of aromatic nitrogens is 1. The first-order valence-corrected chi connectivity index (χ1v) is 10.3. The molecule has 0 radical (unpaired) electrons. The topological polar surface area (TPSA) is 125 Å². The van der Waals surface area contributed by atoms with E-state index in [0.717, 1.165) is 0 Å². The number of carbonyl (C=O) groups excluding carboxylic acids is 1. The third-order valence-corrected chi connectivity index (χ3v) is 5.40. The number of nitrogens with two attached hydrogens (primary N) is 1. The van der Waals surface area contributed by atoms with Gasteiger partial charge in [0.25, 0.3) is 0 Å². The number of rotatable bonds is 7. The lowest BCUT2D eigenvalue weighted by Crippen LogP contribution is -2.12. The lowest BCUT2D eigenvalue weighted by Gasteiger charge is -2.13. The minimum absolute atomic E-state index is 0.0607. The van der Waals surface area contributed by atoms with E-state index in [-0.39, 0.29) is 29.3 Å². The second kappa shape index (κ2) is 10.1. The van der Waals surface area contributed by atoms with Gasteiger partial charge in [-0.2, -0.15) is 10.5 Å². The largest absolute Gasteiger partial charge is 0.497 e. The summed E-state index contributed by atoms with van der Waals surface area (Å²) in [5.41, 5.74) is 8.29. The fourth-order valence-electron chi connectivity index (χ4n) is 2.93. The molecule has 3 N–H and O–H groups in total. The number of hydrogen-bond donors (Lipinski definition) is 2. The first kappa shape index (κ1) is 21.7. The zero-order chi connectivity index (χ0) is 22.2. The minimum atomic E-state index is -0.166. The van der Waals surface area contributed by atoms with Crippen LogP contribution in [0, 0.1) is 22.7 Å². The summed E-state index contributed by atoms with van der Waals surface area (Å²) in [5, 5.41) is 22.5. The van der Waals surface area contributed by atoms with Gasteiger partial charge < -0.3 is 15.8 Å². The lowest BCUT2D eigenvalue weighted by atomic mass is 9.97. The molecule has 0 aliphatic heterocycles. The van der Waals surface area contributed by atoms with Crippen LogP contribution in [0.5, 0.6) is 5.75 Å². The fraction of sp³-hybridized carbons (Fsp3) is 0.130. The Balaban J connectivity index is 1.76. The summed E-state index contributed by atoms with van der Waals surface area (Å²) in [5.74, 6) is 0.992. The van der Waals surface area contributed by atoms with E-state index >= 15 is 0 Å². The fourth-order valence-corrected chi connectivity index (χ4v) is 3.87. The van der Waals surface area contributed by atoms with Gasteiger partial charge in [-0.25, -0.2) is 4.98 Å². The van der Waals surface area contributed by atoms with Crippen molar-refractivity contribution in [1.82, 2.24) is 4.98 Å². The molecule has 0 saturated heterocycles. The van der Waals surface area contributed by atoms with E-state index in [1.54, 1.807) is 31.4 Å². The molecule has 0 fully saturated rings. The van der Waals surface area contributed by atoms with Crippen molar-refractivity contribution in [2.45, 2.75) is 11.4 Å². The maximum atomic E-state index is 12.3. The Morgan fingerprint density at radius 3 is 2.39 bits per heavy atom. The highest BCUT2D eigenvalue weighted by molar-refractivity contribution is 7.99. The third-order valence-electron chi connectivity index (χ3n) is 4.42. The summed E-state index contributed by atoms with van der Waals surface area (Å²) in [7, 11) is 1.58. The summed E-state index contributed by atoms with van der Waals surface area (Å²) in [4.78, 5) is 16.5. The van der Waals surface area contributed by atoms with Crippen LogP contribution in [0.3, 0.4) is 0 Å². The summed E-state index contributed by atoms with van der Waals surface area (Å²) in [6, 6.07) is 20.4. The van der Waals surface area contributed by atoms with Crippen LogP contribution in [0.15, 0.2) is 59.6 Å². The van der Waals surface area contributed by atoms with E-state index in [0.29, 0.717) is 33.3 Å². The maximum absolute atomic E-state index is 12.3. The number of methoxy groups -OCH3 is 1. The summed E-state index contributed by atoms with van der Waals surface area (Å²) in [6.45, 7) is 0. The van der Waals surface area contributed by atoms with Crippen molar-refractivity contribution in [1.29, 1.82) is 10.5 Å². The number of nitrogen functional groups attached to an aromatic ring is 1. The van der Waals surface area contributed by atoms with Crippen molar-refractivity contribution >= 4 is 29.2 Å². The molecule has 1 heterocycles. The Labute approximate surface area is 184 Å². The number of nitrogens with one attached hydrogen (secondary N) is 1. The maximum Gasteiger partial charge on any atom is 0.225 e. The highest BCUT2D eigenvalue weighted by Gasteiger charge is 2.20. The number of hydrogen-bond acceptors (Lipinski definition) is 7. The van der Waals surface area contributed by atoms with Crippen LogP contribution in [-0.2, 0) is 4.79 Å². The van der Waals surface area contributed by atoms with Gasteiger partial charge in [0.05, 0.1) is 12.7 Å². The normalized spacial score (nSPS) is 10.0. The highest BCUT2D eigenvalue weighted by Crippen LogP contribution is 2.35. The molecule has 1 aromatic heterocycles. The molecule has 3 aromatic rings. The van der Waals surface area contributed by atoms with E-state index in [4.69, 9.17) is 10.5 Å².